The second kappa shape index (κ2) is 7.18. The maximum atomic E-state index is 13.4. The van der Waals surface area contributed by atoms with Crippen molar-refractivity contribution in [3.63, 3.8) is 0 Å². The number of halogens is 1. The summed E-state index contributed by atoms with van der Waals surface area (Å²) < 4.78 is 19.0. The first kappa shape index (κ1) is 15.4. The van der Waals surface area contributed by atoms with Crippen LogP contribution < -0.4 is 10.1 Å². The van der Waals surface area contributed by atoms with E-state index < -0.39 is 0 Å². The Morgan fingerprint density at radius 3 is 2.71 bits per heavy atom. The summed E-state index contributed by atoms with van der Waals surface area (Å²) in [7, 11) is 1.88. The van der Waals surface area contributed by atoms with Crippen LogP contribution in [-0.4, -0.2) is 18.6 Å². The van der Waals surface area contributed by atoms with Crippen molar-refractivity contribution in [3.05, 3.63) is 59.2 Å². The number of benzene rings is 1. The molecule has 1 aromatic heterocycles. The fourth-order valence-corrected chi connectivity index (χ4v) is 2.27. The summed E-state index contributed by atoms with van der Waals surface area (Å²) in [6.07, 6.45) is 4.47. The van der Waals surface area contributed by atoms with Gasteiger partial charge in [0.05, 0.1) is 18.8 Å². The van der Waals surface area contributed by atoms with Crippen LogP contribution in [0.5, 0.6) is 5.75 Å². The maximum absolute atomic E-state index is 13.4. The molecular weight excluding hydrogens is 267 g/mol. The molecule has 1 N–H and O–H groups in total. The minimum absolute atomic E-state index is 0.0398. The highest BCUT2D eigenvalue weighted by molar-refractivity contribution is 5.36. The molecule has 21 heavy (non-hydrogen) atoms. The number of hydrogen-bond donors (Lipinski definition) is 1. The third kappa shape index (κ3) is 3.79. The lowest BCUT2D eigenvalue weighted by Gasteiger charge is -2.18. The van der Waals surface area contributed by atoms with Crippen LogP contribution in [0.1, 0.15) is 36.1 Å². The standard InChI is InChI=1S/C17H21FN2O/c1-4-7-21-15-9-14(10-20-11-15)17(19-3)13-5-6-16(18)12(2)8-13/h5-6,8-11,17,19H,4,7H2,1-3H3. The Kier molecular flexibility index (Phi) is 5.28. The van der Waals surface area contributed by atoms with E-state index >= 15 is 0 Å². The normalized spacial score (nSPS) is 12.2. The molecule has 3 nitrogen and oxygen atoms in total. The summed E-state index contributed by atoms with van der Waals surface area (Å²) in [6, 6.07) is 7.09. The average molecular weight is 288 g/mol. The molecule has 1 heterocycles. The highest BCUT2D eigenvalue weighted by Gasteiger charge is 2.14. The molecule has 0 spiro atoms. The molecule has 0 saturated carbocycles. The van der Waals surface area contributed by atoms with E-state index in [9.17, 15) is 4.39 Å². The fraction of sp³-hybridized carbons (Fsp3) is 0.353. The molecule has 2 rings (SSSR count). The zero-order chi connectivity index (χ0) is 15.2. The van der Waals surface area contributed by atoms with Gasteiger partial charge >= 0.3 is 0 Å². The van der Waals surface area contributed by atoms with Gasteiger partial charge in [-0.1, -0.05) is 19.1 Å². The number of aromatic nitrogens is 1. The van der Waals surface area contributed by atoms with E-state index in [-0.39, 0.29) is 11.9 Å². The molecule has 1 unspecified atom stereocenters. The largest absolute Gasteiger partial charge is 0.492 e. The van der Waals surface area contributed by atoms with E-state index in [1.807, 2.05) is 19.2 Å². The summed E-state index contributed by atoms with van der Waals surface area (Å²) in [6.45, 7) is 4.50. The highest BCUT2D eigenvalue weighted by Crippen LogP contribution is 2.25. The molecule has 0 aliphatic heterocycles. The molecule has 0 saturated heterocycles. The summed E-state index contributed by atoms with van der Waals surface area (Å²) in [5.41, 5.74) is 2.64. The minimum atomic E-state index is -0.188. The van der Waals surface area contributed by atoms with Crippen LogP contribution in [0.4, 0.5) is 4.39 Å². The Balaban J connectivity index is 2.30. The van der Waals surface area contributed by atoms with E-state index in [0.29, 0.717) is 12.2 Å². The Morgan fingerprint density at radius 2 is 2.05 bits per heavy atom. The zero-order valence-electron chi connectivity index (χ0n) is 12.7. The first-order chi connectivity index (χ1) is 10.2. The first-order valence-electron chi connectivity index (χ1n) is 7.16. The summed E-state index contributed by atoms with van der Waals surface area (Å²) >= 11 is 0. The van der Waals surface area contributed by atoms with Crippen LogP contribution in [-0.2, 0) is 0 Å². The van der Waals surface area contributed by atoms with Crippen molar-refractivity contribution in [2.45, 2.75) is 26.3 Å². The summed E-state index contributed by atoms with van der Waals surface area (Å²) in [5.74, 6) is 0.570. The van der Waals surface area contributed by atoms with Crippen molar-refractivity contribution < 1.29 is 9.13 Å². The van der Waals surface area contributed by atoms with Crippen molar-refractivity contribution in [1.29, 1.82) is 0 Å². The van der Waals surface area contributed by atoms with Gasteiger partial charge in [-0.25, -0.2) is 4.39 Å². The lowest BCUT2D eigenvalue weighted by atomic mass is 9.98. The van der Waals surface area contributed by atoms with Gasteiger partial charge in [-0.05, 0) is 49.2 Å². The lowest BCUT2D eigenvalue weighted by Crippen LogP contribution is -2.18. The summed E-state index contributed by atoms with van der Waals surface area (Å²) in [4.78, 5) is 4.23. The zero-order valence-corrected chi connectivity index (χ0v) is 12.7. The van der Waals surface area contributed by atoms with E-state index in [1.54, 1.807) is 25.4 Å². The van der Waals surface area contributed by atoms with Gasteiger partial charge in [0.15, 0.2) is 0 Å². The number of pyridine rings is 1. The van der Waals surface area contributed by atoms with E-state index in [0.717, 1.165) is 23.3 Å². The predicted molar refractivity (Wildman–Crippen MR) is 82.1 cm³/mol. The van der Waals surface area contributed by atoms with Crippen LogP contribution >= 0.6 is 0 Å². The van der Waals surface area contributed by atoms with Crippen LogP contribution in [0.25, 0.3) is 0 Å². The molecule has 0 aliphatic rings. The second-order valence-electron chi connectivity index (χ2n) is 5.03. The van der Waals surface area contributed by atoms with Gasteiger partial charge in [-0.3, -0.25) is 4.98 Å². The smallest absolute Gasteiger partial charge is 0.137 e. The number of nitrogens with one attached hydrogen (secondary N) is 1. The lowest BCUT2D eigenvalue weighted by molar-refractivity contribution is 0.315. The number of nitrogens with zero attached hydrogens (tertiary/aromatic N) is 1. The van der Waals surface area contributed by atoms with Crippen molar-refractivity contribution in [1.82, 2.24) is 10.3 Å². The number of rotatable bonds is 6. The molecule has 0 fully saturated rings. The molecule has 1 atom stereocenters. The van der Waals surface area contributed by atoms with Crippen molar-refractivity contribution >= 4 is 0 Å². The molecule has 0 aliphatic carbocycles. The van der Waals surface area contributed by atoms with Crippen molar-refractivity contribution in [2.24, 2.45) is 0 Å². The van der Waals surface area contributed by atoms with Crippen LogP contribution in [0, 0.1) is 12.7 Å². The van der Waals surface area contributed by atoms with Gasteiger partial charge in [-0.2, -0.15) is 0 Å². The SMILES string of the molecule is CCCOc1cncc(C(NC)c2ccc(F)c(C)c2)c1. The number of ether oxygens (including phenoxy) is 1. The molecule has 2 aromatic rings. The Labute approximate surface area is 125 Å². The topological polar surface area (TPSA) is 34.1 Å². The minimum Gasteiger partial charge on any atom is -0.492 e. The van der Waals surface area contributed by atoms with Crippen LogP contribution in [0.2, 0.25) is 0 Å². The summed E-state index contributed by atoms with van der Waals surface area (Å²) in [5, 5.41) is 3.25. The molecule has 1 aromatic carbocycles. The van der Waals surface area contributed by atoms with Crippen LogP contribution in [0.15, 0.2) is 36.7 Å². The molecule has 0 amide bonds. The number of aryl methyl sites for hydroxylation is 1. The van der Waals surface area contributed by atoms with Gasteiger partial charge in [-0.15, -0.1) is 0 Å². The van der Waals surface area contributed by atoms with Gasteiger partial charge in [0.25, 0.3) is 0 Å². The van der Waals surface area contributed by atoms with Crippen molar-refractivity contribution in [2.75, 3.05) is 13.7 Å². The van der Waals surface area contributed by atoms with Gasteiger partial charge < -0.3 is 10.1 Å². The van der Waals surface area contributed by atoms with E-state index in [2.05, 4.69) is 17.2 Å². The van der Waals surface area contributed by atoms with Gasteiger partial charge in [0, 0.05) is 6.20 Å². The first-order valence-corrected chi connectivity index (χ1v) is 7.16. The molecular formula is C17H21FN2O. The molecule has 4 heteroatoms. The Bertz CT molecular complexity index is 601. The monoisotopic (exact) mass is 288 g/mol. The predicted octanol–water partition coefficient (Wildman–Crippen LogP) is 3.63. The Morgan fingerprint density at radius 1 is 1.24 bits per heavy atom. The Hall–Kier alpha value is -1.94. The fourth-order valence-electron chi connectivity index (χ4n) is 2.27. The quantitative estimate of drug-likeness (QED) is 0.881. The third-order valence-corrected chi connectivity index (χ3v) is 3.34. The van der Waals surface area contributed by atoms with E-state index in [1.165, 1.54) is 6.07 Å². The van der Waals surface area contributed by atoms with Crippen molar-refractivity contribution in [3.8, 4) is 5.75 Å². The van der Waals surface area contributed by atoms with E-state index in [4.69, 9.17) is 4.74 Å². The molecule has 112 valence electrons. The van der Waals surface area contributed by atoms with Crippen LogP contribution in [0.3, 0.4) is 0 Å². The molecule has 0 radical (unpaired) electrons. The highest BCUT2D eigenvalue weighted by atomic mass is 19.1. The van der Waals surface area contributed by atoms with Gasteiger partial charge in [0.1, 0.15) is 11.6 Å². The van der Waals surface area contributed by atoms with Gasteiger partial charge in [0.2, 0.25) is 0 Å². The number of hydrogen-bond acceptors (Lipinski definition) is 3. The maximum Gasteiger partial charge on any atom is 0.137 e. The third-order valence-electron chi connectivity index (χ3n) is 3.34. The second-order valence-corrected chi connectivity index (χ2v) is 5.03. The average Bonchev–Trinajstić information content (AvgIpc) is 2.50. The molecule has 0 bridgehead atoms.